The van der Waals surface area contributed by atoms with Gasteiger partial charge in [0.05, 0.1) is 24.7 Å². The number of rotatable bonds is 4. The first-order valence-electron chi connectivity index (χ1n) is 6.80. The molecule has 1 aromatic carbocycles. The Bertz CT molecular complexity index is 655. The molecule has 2 rings (SSSR count). The summed E-state index contributed by atoms with van der Waals surface area (Å²) in [6, 6.07) is 5.61. The number of carbonyl (C=O) groups is 1. The van der Waals surface area contributed by atoms with Crippen LogP contribution in [0.3, 0.4) is 0 Å². The van der Waals surface area contributed by atoms with Gasteiger partial charge in [0.25, 0.3) is 0 Å². The molecule has 0 saturated heterocycles. The van der Waals surface area contributed by atoms with E-state index >= 15 is 0 Å². The average molecular weight is 341 g/mol. The van der Waals surface area contributed by atoms with Crippen molar-refractivity contribution in [1.29, 1.82) is 0 Å². The number of allylic oxidation sites excluding steroid dienone is 2. The van der Waals surface area contributed by atoms with Crippen LogP contribution in [-0.2, 0) is 16.1 Å². The Kier molecular flexibility index (Phi) is 5.11. The van der Waals surface area contributed by atoms with Gasteiger partial charge in [0, 0.05) is 25.0 Å². The number of benzene rings is 1. The third-order valence-corrected chi connectivity index (χ3v) is 5.58. The summed E-state index contributed by atoms with van der Waals surface area (Å²) in [6.45, 7) is 0. The summed E-state index contributed by atoms with van der Waals surface area (Å²) < 4.78 is 22.8. The Morgan fingerprint density at radius 3 is 2.59 bits per heavy atom. The minimum atomic E-state index is -2.32. The van der Waals surface area contributed by atoms with Gasteiger partial charge in [-0.1, -0.05) is 6.07 Å². The van der Waals surface area contributed by atoms with E-state index in [1.165, 1.54) is 17.8 Å². The van der Waals surface area contributed by atoms with Gasteiger partial charge in [-0.25, -0.2) is 8.10 Å². The van der Waals surface area contributed by atoms with E-state index in [1.807, 2.05) is 24.5 Å². The van der Waals surface area contributed by atoms with E-state index in [4.69, 9.17) is 0 Å². The number of carbonyl (C=O) groups excluding carboxylic acids is 1. The Balaban J connectivity index is 2.46. The second kappa shape index (κ2) is 6.54. The molecule has 5 nitrogen and oxygen atoms in total. The molecule has 0 aromatic heterocycles. The minimum absolute atomic E-state index is 0.0814. The second-order valence-corrected chi connectivity index (χ2v) is 7.90. The summed E-state index contributed by atoms with van der Waals surface area (Å²) in [5, 5.41) is 9.66. The van der Waals surface area contributed by atoms with E-state index < -0.39 is 11.3 Å². The van der Waals surface area contributed by atoms with Crippen LogP contribution in [0.25, 0.3) is 0 Å². The summed E-state index contributed by atoms with van der Waals surface area (Å²) in [6.07, 6.45) is 3.89. The second-order valence-electron chi connectivity index (χ2n) is 5.71. The van der Waals surface area contributed by atoms with E-state index in [-0.39, 0.29) is 21.3 Å². The van der Waals surface area contributed by atoms with Crippen LogP contribution in [0.1, 0.15) is 24.3 Å². The highest BCUT2D eigenvalue weighted by molar-refractivity contribution is 7.98. The quantitative estimate of drug-likeness (QED) is 0.517. The fourth-order valence-electron chi connectivity index (χ4n) is 2.57. The van der Waals surface area contributed by atoms with Crippen molar-refractivity contribution in [3.63, 3.8) is 0 Å². The molecule has 0 bridgehead atoms. The lowest BCUT2D eigenvalue weighted by atomic mass is 9.86. The highest BCUT2D eigenvalue weighted by Crippen LogP contribution is 2.38. The fourth-order valence-corrected chi connectivity index (χ4v) is 3.64. The van der Waals surface area contributed by atoms with Gasteiger partial charge in [0.15, 0.2) is 22.7 Å². The summed E-state index contributed by atoms with van der Waals surface area (Å²) in [5.74, 6) is -0.143. The number of hydrogen-bond donors (Lipinski definition) is 1. The maximum Gasteiger partial charge on any atom is 0.159 e. The maximum absolute atomic E-state index is 11.6. The first-order chi connectivity index (χ1) is 10.3. The predicted octanol–water partition coefficient (Wildman–Crippen LogP) is 2.66. The molecule has 0 saturated carbocycles. The van der Waals surface area contributed by atoms with Crippen LogP contribution < -0.4 is 3.89 Å². The van der Waals surface area contributed by atoms with Crippen molar-refractivity contribution in [3.8, 4) is 0 Å². The maximum atomic E-state index is 11.6. The fraction of sp³-hybridized carbons (Fsp3) is 0.400. The van der Waals surface area contributed by atoms with Crippen LogP contribution >= 0.6 is 11.8 Å². The number of aliphatic hydroxyl groups is 1. The van der Waals surface area contributed by atoms with E-state index in [1.54, 1.807) is 14.1 Å². The molecule has 22 heavy (non-hydrogen) atoms. The van der Waals surface area contributed by atoms with Crippen LogP contribution in [-0.4, -0.2) is 40.0 Å². The standard InChI is InChI=1S/C15H19NO4S2/c1-16(2,22(19)20)14-8-10(4-5-15(14)21-3)11-6-12(17)9-13(18)7-11/h4-5,8-9,11H,6-7H2,1-3H3,(H-,17,18,19,20). The first-order valence-corrected chi connectivity index (χ1v) is 9.06. The smallest absolute Gasteiger partial charge is 0.159 e. The minimum Gasteiger partial charge on any atom is -0.724 e. The van der Waals surface area contributed by atoms with Crippen LogP contribution in [0, 0.1) is 0 Å². The third-order valence-electron chi connectivity index (χ3n) is 3.86. The van der Waals surface area contributed by atoms with Crippen molar-refractivity contribution < 1.29 is 18.7 Å². The Morgan fingerprint density at radius 1 is 1.36 bits per heavy atom. The molecular weight excluding hydrogens is 322 g/mol. The molecule has 120 valence electrons. The normalized spacial score (nSPS) is 20.6. The third kappa shape index (κ3) is 3.43. The zero-order valence-electron chi connectivity index (χ0n) is 12.7. The van der Waals surface area contributed by atoms with Crippen LogP contribution in [0.15, 0.2) is 34.9 Å². The number of quaternary nitrogens is 1. The van der Waals surface area contributed by atoms with E-state index in [2.05, 4.69) is 0 Å². The molecule has 2 unspecified atom stereocenters. The van der Waals surface area contributed by atoms with Gasteiger partial charge in [-0.15, -0.1) is 11.8 Å². The molecular formula is C15H19NO4S2. The highest BCUT2D eigenvalue weighted by Gasteiger charge is 2.28. The van der Waals surface area contributed by atoms with Crippen molar-refractivity contribution in [3.05, 3.63) is 35.6 Å². The summed E-state index contributed by atoms with van der Waals surface area (Å²) in [5.41, 5.74) is 1.54. The van der Waals surface area contributed by atoms with Crippen molar-refractivity contribution in [2.45, 2.75) is 23.7 Å². The molecule has 1 N–H and O–H groups in total. The molecule has 0 aliphatic heterocycles. The lowest BCUT2D eigenvalue weighted by Crippen LogP contribution is -2.42. The molecule has 1 aliphatic rings. The molecule has 7 heteroatoms. The Hall–Kier alpha value is -1.15. The van der Waals surface area contributed by atoms with Crippen molar-refractivity contribution in [2.24, 2.45) is 0 Å². The average Bonchev–Trinajstić information content (AvgIpc) is 2.45. The van der Waals surface area contributed by atoms with Crippen LogP contribution in [0.4, 0.5) is 5.69 Å². The monoisotopic (exact) mass is 341 g/mol. The molecule has 0 spiro atoms. The van der Waals surface area contributed by atoms with Gasteiger partial charge < -0.3 is 9.66 Å². The van der Waals surface area contributed by atoms with Crippen molar-refractivity contribution in [2.75, 3.05) is 20.4 Å². The van der Waals surface area contributed by atoms with Gasteiger partial charge in [-0.3, -0.25) is 4.79 Å². The van der Waals surface area contributed by atoms with Gasteiger partial charge in [0.2, 0.25) is 0 Å². The molecule has 0 heterocycles. The van der Waals surface area contributed by atoms with Crippen molar-refractivity contribution in [1.82, 2.24) is 3.89 Å². The van der Waals surface area contributed by atoms with E-state index in [0.717, 1.165) is 10.5 Å². The zero-order chi connectivity index (χ0) is 16.5. The summed E-state index contributed by atoms with van der Waals surface area (Å²) >= 11 is -0.840. The molecule has 1 aromatic rings. The van der Waals surface area contributed by atoms with E-state index in [9.17, 15) is 18.7 Å². The van der Waals surface area contributed by atoms with Crippen molar-refractivity contribution >= 4 is 34.5 Å². The molecule has 2 atom stereocenters. The van der Waals surface area contributed by atoms with Gasteiger partial charge in [-0.05, 0) is 23.8 Å². The van der Waals surface area contributed by atoms with Gasteiger partial charge >= 0.3 is 0 Å². The first kappa shape index (κ1) is 17.2. The van der Waals surface area contributed by atoms with Gasteiger partial charge in [0.1, 0.15) is 0 Å². The molecule has 0 fully saturated rings. The molecule has 1 aliphatic carbocycles. The predicted molar refractivity (Wildman–Crippen MR) is 88.5 cm³/mol. The Labute approximate surface area is 137 Å². The van der Waals surface area contributed by atoms with Crippen LogP contribution in [0.5, 0.6) is 0 Å². The largest absolute Gasteiger partial charge is 0.724 e. The SMILES string of the molecule is CSc1ccc(C2CC(=O)C=C(O)C2)cc1[N+](C)(C)S(=O)[O-]. The Morgan fingerprint density at radius 2 is 2.05 bits per heavy atom. The van der Waals surface area contributed by atoms with E-state index in [0.29, 0.717) is 18.5 Å². The topological polar surface area (TPSA) is 77.4 Å². The lowest BCUT2D eigenvalue weighted by Gasteiger charge is -2.32. The number of nitrogens with zero attached hydrogens (tertiary/aromatic N) is 1. The van der Waals surface area contributed by atoms with Gasteiger partial charge in [-0.2, -0.15) is 0 Å². The number of aliphatic hydroxyl groups excluding tert-OH is 1. The summed E-state index contributed by atoms with van der Waals surface area (Å²) in [7, 11) is 3.21. The number of hydrogen-bond acceptors (Lipinski definition) is 5. The summed E-state index contributed by atoms with van der Waals surface area (Å²) in [4.78, 5) is 12.5. The molecule has 0 amide bonds. The highest BCUT2D eigenvalue weighted by atomic mass is 32.2. The van der Waals surface area contributed by atoms with Crippen LogP contribution in [0.2, 0.25) is 0 Å². The zero-order valence-corrected chi connectivity index (χ0v) is 14.4. The molecule has 0 radical (unpaired) electrons. The number of thioether (sulfide) groups is 1. The number of ketones is 1. The lowest BCUT2D eigenvalue weighted by molar-refractivity contribution is -0.115.